The van der Waals surface area contributed by atoms with Gasteiger partial charge in [-0.25, -0.2) is 5.10 Å². The maximum atomic E-state index is 11.5. The molecular weight excluding hydrogens is 310 g/mol. The zero-order valence-electron chi connectivity index (χ0n) is 14.5. The molecule has 1 saturated heterocycles. The number of aromatic amines is 1. The van der Waals surface area contributed by atoms with Crippen LogP contribution < -0.4 is 5.56 Å². The van der Waals surface area contributed by atoms with Gasteiger partial charge in [0.2, 0.25) is 0 Å². The van der Waals surface area contributed by atoms with E-state index >= 15 is 0 Å². The lowest BCUT2D eigenvalue weighted by molar-refractivity contribution is 0.272. The Morgan fingerprint density at radius 3 is 2.76 bits per heavy atom. The van der Waals surface area contributed by atoms with Crippen molar-refractivity contribution in [3.05, 3.63) is 64.6 Å². The van der Waals surface area contributed by atoms with Gasteiger partial charge in [0.15, 0.2) is 0 Å². The van der Waals surface area contributed by atoms with E-state index in [0.717, 1.165) is 30.1 Å². The van der Waals surface area contributed by atoms with Crippen molar-refractivity contribution in [1.82, 2.24) is 15.1 Å². The first kappa shape index (κ1) is 16.0. The highest BCUT2D eigenvalue weighted by Crippen LogP contribution is 2.24. The minimum atomic E-state index is -0.177. The number of benzene rings is 2. The van der Waals surface area contributed by atoms with Gasteiger partial charge in [0.25, 0.3) is 5.56 Å². The Labute approximate surface area is 147 Å². The summed E-state index contributed by atoms with van der Waals surface area (Å²) in [5.74, 6) is 0. The summed E-state index contributed by atoms with van der Waals surface area (Å²) in [6.45, 7) is 4.71. The van der Waals surface area contributed by atoms with E-state index < -0.39 is 0 Å². The minimum absolute atomic E-state index is 0.177. The lowest BCUT2D eigenvalue weighted by Gasteiger charge is -2.20. The number of H-pyrrole nitrogens is 1. The Morgan fingerprint density at radius 2 is 1.96 bits per heavy atom. The summed E-state index contributed by atoms with van der Waals surface area (Å²) in [5, 5.41) is 8.73. The average Bonchev–Trinajstić information content (AvgIpc) is 3.04. The van der Waals surface area contributed by atoms with E-state index in [1.165, 1.54) is 35.7 Å². The summed E-state index contributed by atoms with van der Waals surface area (Å²) in [6, 6.07) is 15.3. The first-order valence-corrected chi connectivity index (χ1v) is 9.01. The molecule has 1 aromatic heterocycles. The molecule has 2 aromatic carbocycles. The zero-order valence-corrected chi connectivity index (χ0v) is 14.5. The monoisotopic (exact) mass is 333 g/mol. The van der Waals surface area contributed by atoms with Crippen LogP contribution in [0.5, 0.6) is 0 Å². The number of nitrogens with zero attached hydrogens (tertiary/aromatic N) is 2. The van der Waals surface area contributed by atoms with Crippen molar-refractivity contribution in [3.8, 4) is 11.1 Å². The lowest BCUT2D eigenvalue weighted by Crippen LogP contribution is -2.28. The molecule has 0 saturated carbocycles. The van der Waals surface area contributed by atoms with E-state index in [0.29, 0.717) is 0 Å². The fourth-order valence-electron chi connectivity index (χ4n) is 3.76. The molecule has 0 amide bonds. The van der Waals surface area contributed by atoms with Gasteiger partial charge in [-0.2, -0.15) is 5.10 Å². The van der Waals surface area contributed by atoms with Crippen molar-refractivity contribution in [1.29, 1.82) is 0 Å². The van der Waals surface area contributed by atoms with Crippen LogP contribution in [0.25, 0.3) is 21.9 Å². The van der Waals surface area contributed by atoms with Gasteiger partial charge in [-0.05, 0) is 60.7 Å². The van der Waals surface area contributed by atoms with Crippen molar-refractivity contribution >= 4 is 10.8 Å². The quantitative estimate of drug-likeness (QED) is 0.793. The van der Waals surface area contributed by atoms with E-state index in [2.05, 4.69) is 58.4 Å². The second kappa shape index (κ2) is 6.81. The third-order valence-electron chi connectivity index (χ3n) is 5.28. The van der Waals surface area contributed by atoms with E-state index in [4.69, 9.17) is 0 Å². The number of hydrogen-bond acceptors (Lipinski definition) is 3. The van der Waals surface area contributed by atoms with E-state index in [9.17, 15) is 4.79 Å². The number of nitrogens with one attached hydrogen (secondary N) is 1. The first-order valence-electron chi connectivity index (χ1n) is 9.01. The average molecular weight is 333 g/mol. The van der Waals surface area contributed by atoms with Crippen LogP contribution in [0.4, 0.5) is 0 Å². The van der Waals surface area contributed by atoms with Crippen LogP contribution in [0.2, 0.25) is 0 Å². The lowest BCUT2D eigenvalue weighted by atomic mass is 10.00. The molecule has 4 heteroatoms. The van der Waals surface area contributed by atoms with E-state index in [-0.39, 0.29) is 5.56 Å². The predicted molar refractivity (Wildman–Crippen MR) is 102 cm³/mol. The molecule has 128 valence electrons. The minimum Gasteiger partial charge on any atom is -0.300 e. The van der Waals surface area contributed by atoms with Gasteiger partial charge in [0.1, 0.15) is 0 Å². The van der Waals surface area contributed by atoms with E-state index in [1.807, 2.05) is 0 Å². The standard InChI is InChI=1S/C21H23N3O/c1-15-3-2-9-24(15)10-8-16-4-5-18-12-19(7-6-17(18)11-16)20-13-21(25)23-22-14-20/h4-7,11-15H,2-3,8-10H2,1H3,(H,23,25)/t15-/m1/s1. The molecule has 1 aliphatic rings. The number of likely N-dealkylation sites (tertiary alicyclic amines) is 1. The zero-order chi connectivity index (χ0) is 17.2. The second-order valence-electron chi connectivity index (χ2n) is 7.01. The summed E-state index contributed by atoms with van der Waals surface area (Å²) >= 11 is 0. The molecule has 0 radical (unpaired) electrons. The van der Waals surface area contributed by atoms with Crippen molar-refractivity contribution in [3.63, 3.8) is 0 Å². The molecule has 25 heavy (non-hydrogen) atoms. The Morgan fingerprint density at radius 1 is 1.12 bits per heavy atom. The van der Waals surface area contributed by atoms with Crippen LogP contribution in [-0.2, 0) is 6.42 Å². The fourth-order valence-corrected chi connectivity index (χ4v) is 3.76. The third-order valence-corrected chi connectivity index (χ3v) is 5.28. The van der Waals surface area contributed by atoms with Crippen LogP contribution in [0.3, 0.4) is 0 Å². The molecule has 1 N–H and O–H groups in total. The highest BCUT2D eigenvalue weighted by Gasteiger charge is 2.19. The molecule has 1 atom stereocenters. The van der Waals surface area contributed by atoms with Gasteiger partial charge >= 0.3 is 0 Å². The number of fused-ring (bicyclic) bond motifs is 1. The fraction of sp³-hybridized carbons (Fsp3) is 0.333. The SMILES string of the molecule is C[C@@H]1CCCN1CCc1ccc2cc(-c3cn[nH]c(=O)c3)ccc2c1. The topological polar surface area (TPSA) is 49.0 Å². The Hall–Kier alpha value is -2.46. The van der Waals surface area contributed by atoms with Crippen LogP contribution in [0.1, 0.15) is 25.3 Å². The highest BCUT2D eigenvalue weighted by molar-refractivity contribution is 5.87. The molecule has 2 heterocycles. The van der Waals surface area contributed by atoms with Crippen molar-refractivity contribution in [2.75, 3.05) is 13.1 Å². The van der Waals surface area contributed by atoms with Gasteiger partial charge in [-0.3, -0.25) is 4.79 Å². The summed E-state index contributed by atoms with van der Waals surface area (Å²) in [5.41, 5.74) is 3.07. The van der Waals surface area contributed by atoms with Crippen LogP contribution in [-0.4, -0.2) is 34.2 Å². The first-order chi connectivity index (χ1) is 12.2. The molecule has 4 nitrogen and oxygen atoms in total. The van der Waals surface area contributed by atoms with Crippen molar-refractivity contribution < 1.29 is 0 Å². The molecule has 0 bridgehead atoms. The van der Waals surface area contributed by atoms with Gasteiger partial charge in [-0.1, -0.05) is 30.3 Å². The Bertz CT molecular complexity index is 947. The molecule has 4 rings (SSSR count). The molecule has 1 aliphatic heterocycles. The predicted octanol–water partition coefficient (Wildman–Crippen LogP) is 3.62. The maximum Gasteiger partial charge on any atom is 0.264 e. The number of aromatic nitrogens is 2. The van der Waals surface area contributed by atoms with E-state index in [1.54, 1.807) is 12.3 Å². The summed E-state index contributed by atoms with van der Waals surface area (Å²) in [6.07, 6.45) is 5.45. The van der Waals surface area contributed by atoms with Crippen molar-refractivity contribution in [2.24, 2.45) is 0 Å². The molecule has 0 spiro atoms. The Kier molecular flexibility index (Phi) is 4.36. The molecule has 3 aromatic rings. The van der Waals surface area contributed by atoms with Gasteiger partial charge < -0.3 is 4.90 Å². The van der Waals surface area contributed by atoms with Gasteiger partial charge in [0.05, 0.1) is 6.20 Å². The third kappa shape index (κ3) is 3.49. The summed E-state index contributed by atoms with van der Waals surface area (Å²) in [7, 11) is 0. The number of rotatable bonds is 4. The van der Waals surface area contributed by atoms with Gasteiger partial charge in [0, 0.05) is 24.2 Å². The largest absolute Gasteiger partial charge is 0.300 e. The van der Waals surface area contributed by atoms with Crippen LogP contribution in [0, 0.1) is 0 Å². The summed E-state index contributed by atoms with van der Waals surface area (Å²) in [4.78, 5) is 14.0. The smallest absolute Gasteiger partial charge is 0.264 e. The summed E-state index contributed by atoms with van der Waals surface area (Å²) < 4.78 is 0. The van der Waals surface area contributed by atoms with Crippen LogP contribution >= 0.6 is 0 Å². The number of hydrogen-bond donors (Lipinski definition) is 1. The maximum absolute atomic E-state index is 11.5. The molecule has 0 unspecified atom stereocenters. The Balaban J connectivity index is 1.55. The van der Waals surface area contributed by atoms with Gasteiger partial charge in [-0.15, -0.1) is 0 Å². The molecule has 1 fully saturated rings. The normalized spacial score (nSPS) is 18.0. The molecule has 0 aliphatic carbocycles. The molecular formula is C21H23N3O. The van der Waals surface area contributed by atoms with Crippen molar-refractivity contribution in [2.45, 2.75) is 32.2 Å². The highest BCUT2D eigenvalue weighted by atomic mass is 16.1. The second-order valence-corrected chi connectivity index (χ2v) is 7.01. The van der Waals surface area contributed by atoms with Crippen LogP contribution in [0.15, 0.2) is 53.5 Å².